The normalized spacial score (nSPS) is 10.4. The third kappa shape index (κ3) is 3.66. The number of benzene rings is 1. The van der Waals surface area contributed by atoms with Gasteiger partial charge in [0.15, 0.2) is 0 Å². The molecule has 120 valence electrons. The summed E-state index contributed by atoms with van der Waals surface area (Å²) in [4.78, 5) is 20.8. The molecule has 2 heterocycles. The molecule has 0 aliphatic heterocycles. The minimum absolute atomic E-state index is 0.0746. The van der Waals surface area contributed by atoms with E-state index in [1.165, 1.54) is 5.56 Å². The van der Waals surface area contributed by atoms with Crippen molar-refractivity contribution in [3.05, 3.63) is 83.3 Å². The Morgan fingerprint density at radius 3 is 2.58 bits per heavy atom. The first kappa shape index (κ1) is 15.9. The molecule has 0 aliphatic carbocycles. The van der Waals surface area contributed by atoms with Crippen LogP contribution in [0.2, 0.25) is 0 Å². The maximum absolute atomic E-state index is 12.2. The smallest absolute Gasteiger partial charge is 0.251 e. The predicted molar refractivity (Wildman–Crippen MR) is 94.6 cm³/mol. The molecule has 0 unspecified atom stereocenters. The maximum atomic E-state index is 12.2. The van der Waals surface area contributed by atoms with Crippen LogP contribution in [0, 0.1) is 13.8 Å². The van der Waals surface area contributed by atoms with E-state index in [-0.39, 0.29) is 5.91 Å². The third-order valence-electron chi connectivity index (χ3n) is 4.00. The average Bonchev–Trinajstić information content (AvgIpc) is 2.63. The van der Waals surface area contributed by atoms with E-state index in [1.54, 1.807) is 18.6 Å². The van der Waals surface area contributed by atoms with E-state index in [4.69, 9.17) is 0 Å². The van der Waals surface area contributed by atoms with Gasteiger partial charge < -0.3 is 5.32 Å². The highest BCUT2D eigenvalue weighted by atomic mass is 16.1. The Kier molecular flexibility index (Phi) is 4.66. The summed E-state index contributed by atoms with van der Waals surface area (Å²) in [5.74, 6) is -0.0746. The third-order valence-corrected chi connectivity index (χ3v) is 4.00. The van der Waals surface area contributed by atoms with Gasteiger partial charge in [-0.3, -0.25) is 14.8 Å². The number of hydrogen-bond donors (Lipinski definition) is 1. The van der Waals surface area contributed by atoms with Crippen molar-refractivity contribution in [2.24, 2.45) is 0 Å². The van der Waals surface area contributed by atoms with Gasteiger partial charge >= 0.3 is 0 Å². The number of hydrogen-bond acceptors (Lipinski definition) is 3. The number of aryl methyl sites for hydroxylation is 2. The molecule has 4 heteroatoms. The van der Waals surface area contributed by atoms with E-state index in [0.29, 0.717) is 12.1 Å². The zero-order valence-corrected chi connectivity index (χ0v) is 13.8. The van der Waals surface area contributed by atoms with E-state index in [9.17, 15) is 4.79 Å². The van der Waals surface area contributed by atoms with Crippen molar-refractivity contribution >= 4 is 5.91 Å². The Morgan fingerprint density at radius 2 is 1.92 bits per heavy atom. The minimum atomic E-state index is -0.0746. The van der Waals surface area contributed by atoms with Crippen LogP contribution in [0.25, 0.3) is 11.3 Å². The van der Waals surface area contributed by atoms with Gasteiger partial charge in [-0.15, -0.1) is 0 Å². The van der Waals surface area contributed by atoms with Gasteiger partial charge in [-0.05, 0) is 60.9 Å². The fraction of sp³-hybridized carbons (Fsp3) is 0.150. The van der Waals surface area contributed by atoms with Crippen molar-refractivity contribution in [1.29, 1.82) is 0 Å². The number of nitrogens with zero attached hydrogens (tertiary/aromatic N) is 2. The van der Waals surface area contributed by atoms with Gasteiger partial charge in [0.2, 0.25) is 0 Å². The van der Waals surface area contributed by atoms with Crippen LogP contribution < -0.4 is 5.32 Å². The molecule has 4 nitrogen and oxygen atoms in total. The number of rotatable bonds is 4. The molecular weight excluding hydrogens is 298 g/mol. The summed E-state index contributed by atoms with van der Waals surface area (Å²) in [5, 5.41) is 2.93. The number of nitrogens with one attached hydrogen (secondary N) is 1. The molecular formula is C20H19N3O. The van der Waals surface area contributed by atoms with E-state index < -0.39 is 0 Å². The Hall–Kier alpha value is -3.01. The predicted octanol–water partition coefficient (Wildman–Crippen LogP) is 3.69. The van der Waals surface area contributed by atoms with Crippen LogP contribution in [0.15, 0.2) is 61.1 Å². The van der Waals surface area contributed by atoms with E-state index in [2.05, 4.69) is 15.3 Å². The summed E-state index contributed by atoms with van der Waals surface area (Å²) in [6, 6.07) is 13.5. The van der Waals surface area contributed by atoms with Gasteiger partial charge in [0, 0.05) is 36.3 Å². The summed E-state index contributed by atoms with van der Waals surface area (Å²) in [6.45, 7) is 4.49. The lowest BCUT2D eigenvalue weighted by Crippen LogP contribution is -2.23. The first-order valence-electron chi connectivity index (χ1n) is 7.84. The summed E-state index contributed by atoms with van der Waals surface area (Å²) < 4.78 is 0. The lowest BCUT2D eigenvalue weighted by atomic mass is 10.1. The zero-order valence-electron chi connectivity index (χ0n) is 13.8. The van der Waals surface area contributed by atoms with Gasteiger partial charge in [-0.1, -0.05) is 12.1 Å². The fourth-order valence-corrected chi connectivity index (χ4v) is 2.38. The van der Waals surface area contributed by atoms with Crippen molar-refractivity contribution in [2.45, 2.75) is 20.4 Å². The summed E-state index contributed by atoms with van der Waals surface area (Å²) in [5.41, 5.74) is 5.78. The lowest BCUT2D eigenvalue weighted by Gasteiger charge is -2.08. The molecule has 1 amide bonds. The largest absolute Gasteiger partial charge is 0.348 e. The molecule has 2 aromatic heterocycles. The van der Waals surface area contributed by atoms with Crippen LogP contribution in [0.3, 0.4) is 0 Å². The molecule has 3 rings (SSSR count). The average molecular weight is 317 g/mol. The van der Waals surface area contributed by atoms with Gasteiger partial charge in [0.05, 0.1) is 5.69 Å². The highest BCUT2D eigenvalue weighted by molar-refractivity contribution is 5.94. The summed E-state index contributed by atoms with van der Waals surface area (Å²) in [6.07, 6.45) is 5.30. The second kappa shape index (κ2) is 7.04. The molecule has 0 spiro atoms. The first-order chi connectivity index (χ1) is 11.6. The Bertz CT molecular complexity index is 843. The molecule has 24 heavy (non-hydrogen) atoms. The van der Waals surface area contributed by atoms with Crippen molar-refractivity contribution in [3.8, 4) is 11.3 Å². The second-order valence-electron chi connectivity index (χ2n) is 5.78. The molecule has 0 fully saturated rings. The SMILES string of the molecule is Cc1ccc(C(=O)NCc2ccc(-c3cccnc3)nc2)cc1C. The summed E-state index contributed by atoms with van der Waals surface area (Å²) >= 11 is 0. The fourth-order valence-electron chi connectivity index (χ4n) is 2.38. The molecule has 0 saturated heterocycles. The van der Waals surface area contributed by atoms with Gasteiger partial charge in [-0.25, -0.2) is 0 Å². The number of carbonyl (C=O) groups excluding carboxylic acids is 1. The van der Waals surface area contributed by atoms with Crippen LogP contribution in [0.1, 0.15) is 27.0 Å². The van der Waals surface area contributed by atoms with E-state index in [1.807, 2.05) is 56.3 Å². The maximum Gasteiger partial charge on any atom is 0.251 e. The quantitative estimate of drug-likeness (QED) is 0.798. The summed E-state index contributed by atoms with van der Waals surface area (Å²) in [7, 11) is 0. The van der Waals surface area contributed by atoms with Gasteiger partial charge in [0.1, 0.15) is 0 Å². The van der Waals surface area contributed by atoms with Crippen molar-refractivity contribution < 1.29 is 4.79 Å². The Balaban J connectivity index is 1.64. The topological polar surface area (TPSA) is 54.9 Å². The van der Waals surface area contributed by atoms with Crippen LogP contribution in [0.4, 0.5) is 0 Å². The molecule has 1 N–H and O–H groups in total. The lowest BCUT2D eigenvalue weighted by molar-refractivity contribution is 0.0951. The first-order valence-corrected chi connectivity index (χ1v) is 7.84. The zero-order chi connectivity index (χ0) is 16.9. The highest BCUT2D eigenvalue weighted by Crippen LogP contribution is 2.15. The van der Waals surface area contributed by atoms with E-state index in [0.717, 1.165) is 22.4 Å². The van der Waals surface area contributed by atoms with Crippen molar-refractivity contribution in [3.63, 3.8) is 0 Å². The molecule has 0 saturated carbocycles. The number of pyridine rings is 2. The number of aromatic nitrogens is 2. The van der Waals surface area contributed by atoms with Crippen LogP contribution in [-0.2, 0) is 6.54 Å². The standard InChI is InChI=1S/C20H19N3O/c1-14-5-7-17(10-15(14)2)20(24)23-12-16-6-8-19(22-11-16)18-4-3-9-21-13-18/h3-11,13H,12H2,1-2H3,(H,23,24). The van der Waals surface area contributed by atoms with Crippen molar-refractivity contribution in [2.75, 3.05) is 0 Å². The molecule has 3 aromatic rings. The monoisotopic (exact) mass is 317 g/mol. The minimum Gasteiger partial charge on any atom is -0.348 e. The van der Waals surface area contributed by atoms with Gasteiger partial charge in [0.25, 0.3) is 5.91 Å². The highest BCUT2D eigenvalue weighted by Gasteiger charge is 2.07. The van der Waals surface area contributed by atoms with Crippen molar-refractivity contribution in [1.82, 2.24) is 15.3 Å². The molecule has 0 radical (unpaired) electrons. The Morgan fingerprint density at radius 1 is 1.04 bits per heavy atom. The van der Waals surface area contributed by atoms with Gasteiger partial charge in [-0.2, -0.15) is 0 Å². The number of amides is 1. The second-order valence-corrected chi connectivity index (χ2v) is 5.78. The molecule has 0 aliphatic rings. The van der Waals surface area contributed by atoms with Crippen LogP contribution in [0.5, 0.6) is 0 Å². The van der Waals surface area contributed by atoms with Crippen LogP contribution in [-0.4, -0.2) is 15.9 Å². The van der Waals surface area contributed by atoms with Crippen LogP contribution >= 0.6 is 0 Å². The Labute approximate surface area is 141 Å². The van der Waals surface area contributed by atoms with E-state index >= 15 is 0 Å². The molecule has 0 bridgehead atoms. The molecule has 1 aromatic carbocycles. The number of carbonyl (C=O) groups is 1. The molecule has 0 atom stereocenters.